The molecule has 1 aromatic rings. The molecular formula is C13H20N2O4S. The largest absolute Gasteiger partial charge is 0.495 e. The summed E-state index contributed by atoms with van der Waals surface area (Å²) < 4.78 is 32.4. The summed E-state index contributed by atoms with van der Waals surface area (Å²) in [5.41, 5.74) is 6.07. The van der Waals surface area contributed by atoms with Crippen LogP contribution in [0.25, 0.3) is 0 Å². The third-order valence-electron chi connectivity index (χ3n) is 3.72. The topological polar surface area (TPSA) is 102 Å². The number of aliphatic hydroxyl groups excluding tert-OH is 1. The zero-order valence-corrected chi connectivity index (χ0v) is 12.2. The van der Waals surface area contributed by atoms with Crippen LogP contribution in [0.4, 0.5) is 5.69 Å². The summed E-state index contributed by atoms with van der Waals surface area (Å²) in [7, 11) is -2.19. The number of hydrogen-bond acceptors (Lipinski definition) is 5. The number of nitrogens with one attached hydrogen (secondary N) is 1. The molecule has 0 amide bonds. The molecular weight excluding hydrogens is 280 g/mol. The third-order valence-corrected chi connectivity index (χ3v) is 5.20. The summed E-state index contributed by atoms with van der Waals surface area (Å²) in [5, 5.41) is 9.25. The van der Waals surface area contributed by atoms with Crippen LogP contribution in [0.3, 0.4) is 0 Å². The normalized spacial score (nSPS) is 22.9. The summed E-state index contributed by atoms with van der Waals surface area (Å²) in [6, 6.07) is 4.14. The van der Waals surface area contributed by atoms with Crippen LogP contribution >= 0.6 is 0 Å². The molecule has 0 spiro atoms. The number of benzene rings is 1. The number of aliphatic hydroxyl groups is 1. The first-order valence-electron chi connectivity index (χ1n) is 6.54. The lowest BCUT2D eigenvalue weighted by Crippen LogP contribution is -2.38. The summed E-state index contributed by atoms with van der Waals surface area (Å²) >= 11 is 0. The molecule has 2 rings (SSSR count). The van der Waals surface area contributed by atoms with Gasteiger partial charge >= 0.3 is 0 Å². The number of nitrogens with two attached hydrogens (primary N) is 1. The first-order valence-corrected chi connectivity index (χ1v) is 8.03. The lowest BCUT2D eigenvalue weighted by molar-refractivity contribution is 0.213. The van der Waals surface area contributed by atoms with Gasteiger partial charge in [0, 0.05) is 18.7 Å². The number of anilines is 1. The van der Waals surface area contributed by atoms with Crippen LogP contribution in [0.15, 0.2) is 23.1 Å². The van der Waals surface area contributed by atoms with Crippen LogP contribution in [0.5, 0.6) is 5.75 Å². The first-order chi connectivity index (χ1) is 9.47. The number of methoxy groups -OCH3 is 1. The first kappa shape index (κ1) is 15.1. The quantitative estimate of drug-likeness (QED) is 0.695. The van der Waals surface area contributed by atoms with Crippen LogP contribution in [-0.4, -0.2) is 33.3 Å². The van der Waals surface area contributed by atoms with Gasteiger partial charge in [-0.3, -0.25) is 0 Å². The highest BCUT2D eigenvalue weighted by Crippen LogP contribution is 2.28. The second-order valence-corrected chi connectivity index (χ2v) is 6.72. The van der Waals surface area contributed by atoms with Gasteiger partial charge in [-0.2, -0.15) is 0 Å². The lowest BCUT2D eigenvalue weighted by atomic mass is 10.1. The minimum absolute atomic E-state index is 0.00174. The van der Waals surface area contributed by atoms with Gasteiger partial charge in [-0.15, -0.1) is 0 Å². The molecule has 4 N–H and O–H groups in total. The highest BCUT2D eigenvalue weighted by molar-refractivity contribution is 7.89. The van der Waals surface area contributed by atoms with Crippen molar-refractivity contribution in [2.24, 2.45) is 5.92 Å². The molecule has 1 aliphatic carbocycles. The second kappa shape index (κ2) is 5.99. The number of nitrogen functional groups attached to an aromatic ring is 1. The van der Waals surface area contributed by atoms with Gasteiger partial charge in [-0.25, -0.2) is 13.1 Å². The Morgan fingerprint density at radius 1 is 1.45 bits per heavy atom. The number of sulfonamides is 1. The third kappa shape index (κ3) is 3.05. The molecule has 20 heavy (non-hydrogen) atoms. The average molecular weight is 300 g/mol. The van der Waals surface area contributed by atoms with Gasteiger partial charge in [0.15, 0.2) is 0 Å². The van der Waals surface area contributed by atoms with Crippen LogP contribution in [0.1, 0.15) is 19.3 Å². The Balaban J connectivity index is 2.22. The van der Waals surface area contributed by atoms with E-state index in [-0.39, 0.29) is 23.5 Å². The molecule has 0 saturated heterocycles. The predicted molar refractivity (Wildman–Crippen MR) is 75.9 cm³/mol. The van der Waals surface area contributed by atoms with Gasteiger partial charge in [-0.05, 0) is 30.9 Å². The SMILES string of the molecule is COc1cc(S(=O)(=O)NC2CCCC2CO)ccc1N. The van der Waals surface area contributed by atoms with Gasteiger partial charge in [0.25, 0.3) is 0 Å². The molecule has 1 saturated carbocycles. The fourth-order valence-electron chi connectivity index (χ4n) is 2.54. The second-order valence-electron chi connectivity index (χ2n) is 5.01. The molecule has 0 aromatic heterocycles. The fourth-order valence-corrected chi connectivity index (χ4v) is 3.89. The zero-order valence-electron chi connectivity index (χ0n) is 11.4. The van der Waals surface area contributed by atoms with Crippen LogP contribution in [0, 0.1) is 5.92 Å². The highest BCUT2D eigenvalue weighted by Gasteiger charge is 2.30. The molecule has 6 nitrogen and oxygen atoms in total. The number of rotatable bonds is 5. The smallest absolute Gasteiger partial charge is 0.240 e. The van der Waals surface area contributed by atoms with Crippen molar-refractivity contribution in [2.75, 3.05) is 19.5 Å². The Morgan fingerprint density at radius 2 is 2.20 bits per heavy atom. The van der Waals surface area contributed by atoms with Gasteiger partial charge in [0.05, 0.1) is 17.7 Å². The molecule has 0 aliphatic heterocycles. The molecule has 1 aromatic carbocycles. The molecule has 0 radical (unpaired) electrons. The molecule has 0 bridgehead atoms. The van der Waals surface area contributed by atoms with Crippen LogP contribution < -0.4 is 15.2 Å². The highest BCUT2D eigenvalue weighted by atomic mass is 32.2. The van der Waals surface area contributed by atoms with E-state index in [0.29, 0.717) is 11.4 Å². The monoisotopic (exact) mass is 300 g/mol. The van der Waals surface area contributed by atoms with Crippen molar-refractivity contribution in [1.29, 1.82) is 0 Å². The van der Waals surface area contributed by atoms with E-state index in [0.717, 1.165) is 19.3 Å². The van der Waals surface area contributed by atoms with Crippen LogP contribution in [-0.2, 0) is 10.0 Å². The van der Waals surface area contributed by atoms with Crippen molar-refractivity contribution < 1.29 is 18.3 Å². The van der Waals surface area contributed by atoms with Gasteiger partial charge in [0.1, 0.15) is 5.75 Å². The van der Waals surface area contributed by atoms with E-state index in [9.17, 15) is 13.5 Å². The molecule has 1 fully saturated rings. The Hall–Kier alpha value is -1.31. The number of ether oxygens (including phenoxy) is 1. The Bertz CT molecular complexity index is 574. The van der Waals surface area contributed by atoms with Crippen molar-refractivity contribution in [3.63, 3.8) is 0 Å². The molecule has 112 valence electrons. The van der Waals surface area contributed by atoms with E-state index in [1.807, 2.05) is 0 Å². The summed E-state index contributed by atoms with van der Waals surface area (Å²) in [6.45, 7) is -0.00174. The van der Waals surface area contributed by atoms with E-state index in [1.54, 1.807) is 0 Å². The molecule has 7 heteroatoms. The van der Waals surface area contributed by atoms with Gasteiger partial charge in [-0.1, -0.05) is 6.42 Å². The summed E-state index contributed by atoms with van der Waals surface area (Å²) in [6.07, 6.45) is 2.51. The van der Waals surface area contributed by atoms with E-state index >= 15 is 0 Å². The van der Waals surface area contributed by atoms with Crippen molar-refractivity contribution in [2.45, 2.75) is 30.2 Å². The summed E-state index contributed by atoms with van der Waals surface area (Å²) in [5.74, 6) is 0.318. The van der Waals surface area contributed by atoms with E-state index < -0.39 is 10.0 Å². The fraction of sp³-hybridized carbons (Fsp3) is 0.538. The van der Waals surface area contributed by atoms with Crippen molar-refractivity contribution in [3.8, 4) is 5.75 Å². The Labute approximate surface area is 119 Å². The van der Waals surface area contributed by atoms with Gasteiger partial charge in [0.2, 0.25) is 10.0 Å². The van der Waals surface area contributed by atoms with Gasteiger partial charge < -0.3 is 15.6 Å². The minimum atomic E-state index is -3.63. The molecule has 2 unspecified atom stereocenters. The summed E-state index contributed by atoms with van der Waals surface area (Å²) in [4.78, 5) is 0.118. The Morgan fingerprint density at radius 3 is 2.85 bits per heavy atom. The van der Waals surface area contributed by atoms with Crippen molar-refractivity contribution >= 4 is 15.7 Å². The predicted octanol–water partition coefficient (Wildman–Crippen LogP) is 0.717. The molecule has 0 heterocycles. The maximum absolute atomic E-state index is 12.3. The minimum Gasteiger partial charge on any atom is -0.495 e. The van der Waals surface area contributed by atoms with Crippen LogP contribution in [0.2, 0.25) is 0 Å². The average Bonchev–Trinajstić information content (AvgIpc) is 2.85. The molecule has 1 aliphatic rings. The number of hydrogen-bond donors (Lipinski definition) is 3. The zero-order chi connectivity index (χ0) is 14.8. The molecule has 2 atom stereocenters. The van der Waals surface area contributed by atoms with E-state index in [2.05, 4.69) is 4.72 Å². The van der Waals surface area contributed by atoms with Crippen molar-refractivity contribution in [1.82, 2.24) is 4.72 Å². The maximum atomic E-state index is 12.3. The Kier molecular flexibility index (Phi) is 4.52. The lowest BCUT2D eigenvalue weighted by Gasteiger charge is -2.19. The standard InChI is InChI=1S/C13H20N2O4S/c1-19-13-7-10(5-6-11(13)14)20(17,18)15-12-4-2-3-9(12)8-16/h5-7,9,12,15-16H,2-4,8,14H2,1H3. The van der Waals surface area contributed by atoms with E-state index in [1.165, 1.54) is 25.3 Å². The maximum Gasteiger partial charge on any atom is 0.240 e. The van der Waals surface area contributed by atoms with Crippen molar-refractivity contribution in [3.05, 3.63) is 18.2 Å². The van der Waals surface area contributed by atoms with E-state index in [4.69, 9.17) is 10.5 Å².